The predicted molar refractivity (Wildman–Crippen MR) is 95.9 cm³/mol. The summed E-state index contributed by atoms with van der Waals surface area (Å²) in [7, 11) is 0. The Labute approximate surface area is 139 Å². The number of ketones is 1. The maximum Gasteiger partial charge on any atom is 0.140 e. The normalized spacial score (nSPS) is 22.1. The van der Waals surface area contributed by atoms with Crippen LogP contribution in [0.1, 0.15) is 68.6 Å². The Morgan fingerprint density at radius 2 is 1.52 bits per heavy atom. The minimum Gasteiger partial charge on any atom is -0.299 e. The zero-order valence-corrected chi connectivity index (χ0v) is 14.4. The number of carbonyl (C=O) groups excluding carboxylic acids is 1. The molecule has 0 aliphatic heterocycles. The number of benzene rings is 2. The van der Waals surface area contributed by atoms with E-state index in [-0.39, 0.29) is 11.3 Å². The van der Waals surface area contributed by atoms with Crippen molar-refractivity contribution in [3.05, 3.63) is 71.3 Å². The molecule has 0 bridgehead atoms. The summed E-state index contributed by atoms with van der Waals surface area (Å²) in [5.74, 6) is 0.727. The summed E-state index contributed by atoms with van der Waals surface area (Å²) in [6, 6.07) is 19.2. The van der Waals surface area contributed by atoms with E-state index in [4.69, 9.17) is 0 Å². The largest absolute Gasteiger partial charge is 0.299 e. The fourth-order valence-electron chi connectivity index (χ4n) is 3.71. The van der Waals surface area contributed by atoms with Crippen LogP contribution in [0.2, 0.25) is 0 Å². The lowest BCUT2D eigenvalue weighted by molar-refractivity contribution is -0.122. The number of carbonyl (C=O) groups is 1. The highest BCUT2D eigenvalue weighted by Crippen LogP contribution is 2.42. The average Bonchev–Trinajstić information content (AvgIpc) is 2.55. The van der Waals surface area contributed by atoms with Gasteiger partial charge in [-0.2, -0.15) is 0 Å². The number of hydrogen-bond acceptors (Lipinski definition) is 1. The van der Waals surface area contributed by atoms with E-state index in [0.29, 0.717) is 11.7 Å². The van der Waals surface area contributed by atoms with Crippen molar-refractivity contribution in [2.24, 2.45) is 0 Å². The number of rotatable bonds is 2. The van der Waals surface area contributed by atoms with Crippen molar-refractivity contribution >= 4 is 5.78 Å². The highest BCUT2D eigenvalue weighted by atomic mass is 16.1. The lowest BCUT2D eigenvalue weighted by atomic mass is 9.71. The first kappa shape index (κ1) is 16.0. The summed E-state index contributed by atoms with van der Waals surface area (Å²) in [4.78, 5) is 12.6. The zero-order chi connectivity index (χ0) is 16.4. The van der Waals surface area contributed by atoms with Gasteiger partial charge in [0.1, 0.15) is 5.78 Å². The van der Waals surface area contributed by atoms with Crippen LogP contribution in [0.4, 0.5) is 0 Å². The van der Waals surface area contributed by atoms with Crippen molar-refractivity contribution in [1.82, 2.24) is 0 Å². The fourth-order valence-corrected chi connectivity index (χ4v) is 3.71. The third kappa shape index (κ3) is 3.39. The van der Waals surface area contributed by atoms with Gasteiger partial charge >= 0.3 is 0 Å². The maximum absolute atomic E-state index is 12.6. The first-order valence-corrected chi connectivity index (χ1v) is 8.65. The van der Waals surface area contributed by atoms with E-state index < -0.39 is 0 Å². The molecule has 2 aromatic rings. The molecule has 2 atom stereocenters. The Hall–Kier alpha value is -1.89. The highest BCUT2D eigenvalue weighted by Gasteiger charge is 2.34. The van der Waals surface area contributed by atoms with Gasteiger partial charge in [-0.1, -0.05) is 75.4 Å². The van der Waals surface area contributed by atoms with Crippen LogP contribution in [-0.2, 0) is 10.2 Å². The summed E-state index contributed by atoms with van der Waals surface area (Å²) in [5, 5.41) is 0. The molecule has 1 aliphatic rings. The van der Waals surface area contributed by atoms with Gasteiger partial charge in [0, 0.05) is 12.3 Å². The van der Waals surface area contributed by atoms with Crippen molar-refractivity contribution in [2.45, 2.75) is 57.3 Å². The smallest absolute Gasteiger partial charge is 0.140 e. The van der Waals surface area contributed by atoms with Gasteiger partial charge in [-0.3, -0.25) is 4.79 Å². The van der Waals surface area contributed by atoms with Gasteiger partial charge in [-0.05, 0) is 40.9 Å². The molecule has 2 aromatic carbocycles. The van der Waals surface area contributed by atoms with Crippen LogP contribution in [-0.4, -0.2) is 5.78 Å². The van der Waals surface area contributed by atoms with Crippen molar-refractivity contribution in [2.75, 3.05) is 0 Å². The van der Waals surface area contributed by atoms with Gasteiger partial charge in [0.25, 0.3) is 0 Å². The van der Waals surface area contributed by atoms with E-state index in [1.165, 1.54) is 16.7 Å². The van der Waals surface area contributed by atoms with E-state index in [2.05, 4.69) is 57.2 Å². The third-order valence-electron chi connectivity index (χ3n) is 5.05. The van der Waals surface area contributed by atoms with Crippen molar-refractivity contribution in [1.29, 1.82) is 0 Å². The molecule has 1 aliphatic carbocycles. The molecule has 0 unspecified atom stereocenters. The van der Waals surface area contributed by atoms with Gasteiger partial charge < -0.3 is 0 Å². The summed E-state index contributed by atoms with van der Waals surface area (Å²) in [6.45, 7) is 6.71. The van der Waals surface area contributed by atoms with Gasteiger partial charge in [-0.15, -0.1) is 0 Å². The zero-order valence-electron chi connectivity index (χ0n) is 14.4. The monoisotopic (exact) mass is 306 g/mol. The number of Topliss-reactive ketones (excluding diaryl/α,β-unsaturated/α-hetero) is 1. The molecular weight excluding hydrogens is 280 g/mol. The molecule has 0 N–H and O–H groups in total. The van der Waals surface area contributed by atoms with Crippen molar-refractivity contribution in [3.8, 4) is 0 Å². The van der Waals surface area contributed by atoms with Crippen LogP contribution in [0.5, 0.6) is 0 Å². The molecule has 0 amide bonds. The molecule has 120 valence electrons. The molecule has 1 heteroatoms. The Kier molecular flexibility index (Phi) is 4.39. The third-order valence-corrected chi connectivity index (χ3v) is 5.05. The second-order valence-electron chi connectivity index (χ2n) is 7.73. The lowest BCUT2D eigenvalue weighted by Gasteiger charge is -2.31. The quantitative estimate of drug-likeness (QED) is 0.705. The molecule has 0 saturated heterocycles. The van der Waals surface area contributed by atoms with Gasteiger partial charge in [0.15, 0.2) is 0 Å². The molecule has 3 rings (SSSR count). The Bertz CT molecular complexity index is 661. The topological polar surface area (TPSA) is 17.1 Å². The molecule has 0 spiro atoms. The SMILES string of the molecule is CC(C)(C)c1ccc([C@@H]2CCCC(=O)[C@H]2c2ccccc2)cc1. The average molecular weight is 306 g/mol. The van der Waals surface area contributed by atoms with E-state index in [1.807, 2.05) is 18.2 Å². The minimum absolute atomic E-state index is 0.0189. The molecular formula is C22H26O. The van der Waals surface area contributed by atoms with Crippen molar-refractivity contribution in [3.63, 3.8) is 0 Å². The predicted octanol–water partition coefficient (Wildman–Crippen LogP) is 5.60. The van der Waals surface area contributed by atoms with E-state index in [0.717, 1.165) is 19.3 Å². The van der Waals surface area contributed by atoms with Crippen LogP contribution in [0.15, 0.2) is 54.6 Å². The molecule has 23 heavy (non-hydrogen) atoms. The van der Waals surface area contributed by atoms with Crippen LogP contribution >= 0.6 is 0 Å². The Morgan fingerprint density at radius 1 is 0.870 bits per heavy atom. The van der Waals surface area contributed by atoms with Crippen LogP contribution in [0.3, 0.4) is 0 Å². The van der Waals surface area contributed by atoms with Gasteiger partial charge in [-0.25, -0.2) is 0 Å². The van der Waals surface area contributed by atoms with E-state index in [1.54, 1.807) is 0 Å². The summed E-state index contributed by atoms with van der Waals surface area (Å²) in [6.07, 6.45) is 2.82. The van der Waals surface area contributed by atoms with E-state index >= 15 is 0 Å². The standard InChI is InChI=1S/C22H26O/c1-22(2,3)18-14-12-16(13-15-18)19-10-7-11-20(23)21(19)17-8-5-4-6-9-17/h4-6,8-9,12-15,19,21H,7,10-11H2,1-3H3/t19-,21-/m0/s1. The van der Waals surface area contributed by atoms with Crippen LogP contribution in [0.25, 0.3) is 0 Å². The Balaban J connectivity index is 1.94. The maximum atomic E-state index is 12.6. The van der Waals surface area contributed by atoms with Gasteiger partial charge in [0.05, 0.1) is 0 Å². The number of hydrogen-bond donors (Lipinski definition) is 0. The van der Waals surface area contributed by atoms with Crippen LogP contribution in [0, 0.1) is 0 Å². The molecule has 1 nitrogen and oxygen atoms in total. The molecule has 0 aromatic heterocycles. The second-order valence-corrected chi connectivity index (χ2v) is 7.73. The molecule has 1 saturated carbocycles. The van der Waals surface area contributed by atoms with E-state index in [9.17, 15) is 4.79 Å². The first-order valence-electron chi connectivity index (χ1n) is 8.65. The summed E-state index contributed by atoms with van der Waals surface area (Å²) < 4.78 is 0. The Morgan fingerprint density at radius 3 is 2.13 bits per heavy atom. The highest BCUT2D eigenvalue weighted by molar-refractivity contribution is 5.87. The molecule has 1 fully saturated rings. The van der Waals surface area contributed by atoms with Crippen LogP contribution < -0.4 is 0 Å². The second kappa shape index (κ2) is 6.31. The molecule has 0 radical (unpaired) electrons. The fraction of sp³-hybridized carbons (Fsp3) is 0.409. The summed E-state index contributed by atoms with van der Waals surface area (Å²) >= 11 is 0. The molecule has 0 heterocycles. The lowest BCUT2D eigenvalue weighted by Crippen LogP contribution is -2.25. The van der Waals surface area contributed by atoms with Crippen molar-refractivity contribution < 1.29 is 4.79 Å². The first-order chi connectivity index (χ1) is 11.0. The van der Waals surface area contributed by atoms with Gasteiger partial charge in [0.2, 0.25) is 0 Å². The minimum atomic E-state index is 0.0189. The summed E-state index contributed by atoms with van der Waals surface area (Å²) in [5.41, 5.74) is 3.99.